The molecule has 0 N–H and O–H groups in total. The van der Waals surface area contributed by atoms with Crippen LogP contribution in [0.5, 0.6) is 0 Å². The first-order chi connectivity index (χ1) is 11.2. The summed E-state index contributed by atoms with van der Waals surface area (Å²) < 4.78 is 5.31. The summed E-state index contributed by atoms with van der Waals surface area (Å²) >= 11 is 3.39. The molecule has 0 saturated heterocycles. The van der Waals surface area contributed by atoms with Gasteiger partial charge in [-0.05, 0) is 38.5 Å². The largest absolute Gasteiger partial charge is 0.463 e. The highest BCUT2D eigenvalue weighted by molar-refractivity contribution is 9.09. The molecular weight excluding hydrogens is 352 g/mol. The van der Waals surface area contributed by atoms with Crippen molar-refractivity contribution in [3.8, 4) is 0 Å². The lowest BCUT2D eigenvalue weighted by Gasteiger charge is -2.08. The average molecular weight is 389 g/mol. The maximum Gasteiger partial charge on any atom is 0.330 e. The van der Waals surface area contributed by atoms with Gasteiger partial charge in [0.2, 0.25) is 0 Å². The van der Waals surface area contributed by atoms with Crippen molar-refractivity contribution in [3.63, 3.8) is 0 Å². The Kier molecular flexibility index (Phi) is 17.8. The van der Waals surface area contributed by atoms with Gasteiger partial charge in [-0.2, -0.15) is 0 Å². The number of carbonyl (C=O) groups is 1. The van der Waals surface area contributed by atoms with E-state index < -0.39 is 0 Å². The number of rotatable bonds is 16. The molecular formula is C20H37BrO2. The molecule has 0 aliphatic heterocycles. The van der Waals surface area contributed by atoms with Crippen molar-refractivity contribution in [2.75, 3.05) is 11.9 Å². The molecule has 0 aliphatic rings. The van der Waals surface area contributed by atoms with Gasteiger partial charge in [-0.15, -0.1) is 0 Å². The van der Waals surface area contributed by atoms with E-state index in [1.807, 2.05) is 0 Å². The van der Waals surface area contributed by atoms with Gasteiger partial charge in [0.1, 0.15) is 0 Å². The number of ether oxygens (including phenoxy) is 1. The van der Waals surface area contributed by atoms with Gasteiger partial charge in [0.05, 0.1) is 6.61 Å². The summed E-state index contributed by atoms with van der Waals surface area (Å²) in [5.41, 5.74) is 1.29. The Morgan fingerprint density at radius 1 is 0.826 bits per heavy atom. The summed E-state index contributed by atoms with van der Waals surface area (Å²) in [6, 6.07) is 0. The molecule has 2 nitrogen and oxygen atoms in total. The highest BCUT2D eigenvalue weighted by Gasteiger charge is 2.04. The Bertz CT molecular complexity index is 300. The second-order valence-corrected chi connectivity index (χ2v) is 7.13. The first-order valence-electron chi connectivity index (χ1n) is 9.66. The molecule has 3 heteroatoms. The van der Waals surface area contributed by atoms with Crippen LogP contribution in [-0.4, -0.2) is 17.9 Å². The Labute approximate surface area is 152 Å². The van der Waals surface area contributed by atoms with Gasteiger partial charge in [-0.1, -0.05) is 80.3 Å². The number of esters is 1. The van der Waals surface area contributed by atoms with Crippen LogP contribution in [0.25, 0.3) is 0 Å². The van der Waals surface area contributed by atoms with E-state index in [1.54, 1.807) is 6.08 Å². The van der Waals surface area contributed by atoms with Gasteiger partial charge in [0.25, 0.3) is 0 Å². The van der Waals surface area contributed by atoms with Crippen LogP contribution in [0.2, 0.25) is 0 Å². The third kappa shape index (κ3) is 16.3. The quantitative estimate of drug-likeness (QED) is 0.123. The van der Waals surface area contributed by atoms with E-state index in [9.17, 15) is 4.79 Å². The molecule has 0 aromatic carbocycles. The standard InChI is InChI=1S/C20H37BrO2/c1-3-5-7-9-11-15-19(14-10-8-6-4-2)18-20(22)23-17-13-12-16-21/h18H,3-17H2,1-2H3/b19-18+. The fourth-order valence-electron chi connectivity index (χ4n) is 2.58. The van der Waals surface area contributed by atoms with Crippen LogP contribution in [0.1, 0.15) is 97.3 Å². The zero-order valence-electron chi connectivity index (χ0n) is 15.4. The van der Waals surface area contributed by atoms with Gasteiger partial charge < -0.3 is 4.74 Å². The molecule has 0 heterocycles. The van der Waals surface area contributed by atoms with Crippen molar-refractivity contribution in [2.45, 2.75) is 97.3 Å². The fraction of sp³-hybridized carbons (Fsp3) is 0.850. The molecule has 0 fully saturated rings. The molecule has 0 aliphatic carbocycles. The van der Waals surface area contributed by atoms with Crippen LogP contribution in [0.15, 0.2) is 11.6 Å². The Hall–Kier alpha value is -0.310. The van der Waals surface area contributed by atoms with Gasteiger partial charge in [0.15, 0.2) is 0 Å². The molecule has 0 bridgehead atoms. The lowest BCUT2D eigenvalue weighted by molar-refractivity contribution is -0.137. The third-order valence-corrected chi connectivity index (χ3v) is 4.61. The predicted molar refractivity (Wildman–Crippen MR) is 104 cm³/mol. The van der Waals surface area contributed by atoms with E-state index in [0.717, 1.165) is 31.0 Å². The minimum Gasteiger partial charge on any atom is -0.463 e. The van der Waals surface area contributed by atoms with Gasteiger partial charge >= 0.3 is 5.97 Å². The van der Waals surface area contributed by atoms with Crippen molar-refractivity contribution < 1.29 is 9.53 Å². The first-order valence-corrected chi connectivity index (χ1v) is 10.8. The molecule has 136 valence electrons. The predicted octanol–water partition coefficient (Wildman–Crippen LogP) is 6.96. The SMILES string of the molecule is CCCCCCC/C(=C/C(=O)OCCCCBr)CCCCCC. The van der Waals surface area contributed by atoms with E-state index >= 15 is 0 Å². The molecule has 0 radical (unpaired) electrons. The van der Waals surface area contributed by atoms with E-state index in [-0.39, 0.29) is 5.97 Å². The summed E-state index contributed by atoms with van der Waals surface area (Å²) in [6.07, 6.45) is 17.3. The molecule has 23 heavy (non-hydrogen) atoms. The monoisotopic (exact) mass is 388 g/mol. The number of halogens is 1. The number of hydrogen-bond acceptors (Lipinski definition) is 2. The Morgan fingerprint density at radius 2 is 1.39 bits per heavy atom. The molecule has 0 spiro atoms. The summed E-state index contributed by atoms with van der Waals surface area (Å²) in [6.45, 7) is 5.01. The second kappa shape index (κ2) is 18.0. The summed E-state index contributed by atoms with van der Waals surface area (Å²) in [7, 11) is 0. The molecule has 0 unspecified atom stereocenters. The number of carbonyl (C=O) groups excluding carboxylic acids is 1. The number of hydrogen-bond donors (Lipinski definition) is 0. The first kappa shape index (κ1) is 22.7. The number of alkyl halides is 1. The van der Waals surface area contributed by atoms with E-state index in [2.05, 4.69) is 29.8 Å². The van der Waals surface area contributed by atoms with Crippen molar-refractivity contribution >= 4 is 21.9 Å². The van der Waals surface area contributed by atoms with Crippen molar-refractivity contribution in [2.24, 2.45) is 0 Å². The molecule has 0 rings (SSSR count). The lowest BCUT2D eigenvalue weighted by atomic mass is 10.00. The molecule has 0 aromatic rings. The van der Waals surface area contributed by atoms with Crippen LogP contribution in [0.3, 0.4) is 0 Å². The smallest absolute Gasteiger partial charge is 0.330 e. The fourth-order valence-corrected chi connectivity index (χ4v) is 2.98. The van der Waals surface area contributed by atoms with E-state index in [1.165, 1.54) is 63.4 Å². The van der Waals surface area contributed by atoms with Gasteiger partial charge in [0, 0.05) is 11.4 Å². The average Bonchev–Trinajstić information content (AvgIpc) is 2.55. The highest BCUT2D eigenvalue weighted by Crippen LogP contribution is 2.18. The summed E-state index contributed by atoms with van der Waals surface area (Å²) in [4.78, 5) is 11.9. The second-order valence-electron chi connectivity index (χ2n) is 6.34. The Morgan fingerprint density at radius 3 is 1.96 bits per heavy atom. The molecule has 0 atom stereocenters. The van der Waals surface area contributed by atoms with Crippen LogP contribution in [0.4, 0.5) is 0 Å². The highest BCUT2D eigenvalue weighted by atomic mass is 79.9. The molecule has 0 saturated carbocycles. The maximum absolute atomic E-state index is 11.9. The van der Waals surface area contributed by atoms with Crippen LogP contribution in [-0.2, 0) is 9.53 Å². The van der Waals surface area contributed by atoms with Gasteiger partial charge in [-0.3, -0.25) is 0 Å². The lowest BCUT2D eigenvalue weighted by Crippen LogP contribution is -2.04. The van der Waals surface area contributed by atoms with Crippen molar-refractivity contribution in [1.82, 2.24) is 0 Å². The zero-order valence-corrected chi connectivity index (χ0v) is 17.0. The van der Waals surface area contributed by atoms with Crippen molar-refractivity contribution in [3.05, 3.63) is 11.6 Å². The minimum atomic E-state index is -0.140. The van der Waals surface area contributed by atoms with E-state index in [4.69, 9.17) is 4.74 Å². The van der Waals surface area contributed by atoms with Crippen molar-refractivity contribution in [1.29, 1.82) is 0 Å². The zero-order chi connectivity index (χ0) is 17.2. The Balaban J connectivity index is 4.15. The van der Waals surface area contributed by atoms with Crippen LogP contribution in [0, 0.1) is 0 Å². The van der Waals surface area contributed by atoms with E-state index in [0.29, 0.717) is 6.61 Å². The minimum absolute atomic E-state index is 0.140. The maximum atomic E-state index is 11.9. The van der Waals surface area contributed by atoms with Crippen LogP contribution < -0.4 is 0 Å². The third-order valence-electron chi connectivity index (χ3n) is 4.05. The van der Waals surface area contributed by atoms with Gasteiger partial charge in [-0.25, -0.2) is 4.79 Å². The molecule has 0 aromatic heterocycles. The van der Waals surface area contributed by atoms with Crippen LogP contribution >= 0.6 is 15.9 Å². The number of allylic oxidation sites excluding steroid dienone is 1. The topological polar surface area (TPSA) is 26.3 Å². The molecule has 0 amide bonds. The summed E-state index contributed by atoms with van der Waals surface area (Å²) in [5, 5.41) is 0.973. The number of unbranched alkanes of at least 4 members (excludes halogenated alkanes) is 8. The summed E-state index contributed by atoms with van der Waals surface area (Å²) in [5.74, 6) is -0.140. The normalized spacial score (nSPS) is 11.7.